The fourth-order valence-corrected chi connectivity index (χ4v) is 3.00. The van der Waals surface area contributed by atoms with Crippen molar-refractivity contribution in [2.45, 2.75) is 51.2 Å². The molecule has 1 aliphatic rings. The summed E-state index contributed by atoms with van der Waals surface area (Å²) in [4.78, 5) is 11.8. The van der Waals surface area contributed by atoms with E-state index in [0.29, 0.717) is 30.9 Å². The van der Waals surface area contributed by atoms with E-state index in [2.05, 4.69) is 6.92 Å². The Morgan fingerprint density at radius 2 is 2.00 bits per heavy atom. The zero-order chi connectivity index (χ0) is 16.7. The van der Waals surface area contributed by atoms with Crippen LogP contribution < -0.4 is 5.73 Å². The van der Waals surface area contributed by atoms with Crippen molar-refractivity contribution < 1.29 is 19.0 Å². The minimum Gasteiger partial charge on any atom is -0.465 e. The lowest BCUT2D eigenvalue weighted by molar-refractivity contribution is -0.161. The first-order chi connectivity index (χ1) is 11.1. The van der Waals surface area contributed by atoms with Gasteiger partial charge in [-0.2, -0.15) is 0 Å². The quantitative estimate of drug-likeness (QED) is 0.452. The number of para-hydroxylation sites is 1. The number of ether oxygens (including phenoxy) is 3. The van der Waals surface area contributed by atoms with Gasteiger partial charge in [0.2, 0.25) is 0 Å². The van der Waals surface area contributed by atoms with E-state index in [9.17, 15) is 4.79 Å². The Morgan fingerprint density at radius 1 is 1.26 bits per heavy atom. The van der Waals surface area contributed by atoms with E-state index < -0.39 is 11.8 Å². The first-order valence-corrected chi connectivity index (χ1v) is 8.35. The van der Waals surface area contributed by atoms with Gasteiger partial charge in [0.05, 0.1) is 25.9 Å². The summed E-state index contributed by atoms with van der Waals surface area (Å²) < 4.78 is 16.6. The Balaban J connectivity index is 2.12. The van der Waals surface area contributed by atoms with Gasteiger partial charge in [-0.25, -0.2) is 4.79 Å². The average Bonchev–Trinajstić information content (AvgIpc) is 3.02. The molecule has 1 aromatic carbocycles. The van der Waals surface area contributed by atoms with Crippen LogP contribution in [0.4, 0.5) is 5.69 Å². The highest BCUT2D eigenvalue weighted by atomic mass is 16.7. The lowest BCUT2D eigenvalue weighted by Gasteiger charge is -2.28. The summed E-state index contributed by atoms with van der Waals surface area (Å²) in [6, 6.07) is 5.41. The second-order valence-electron chi connectivity index (χ2n) is 5.96. The SMILES string of the molecule is CCCCCCC1(Cc2cccc(C(=O)OC)c2N)OCCO1. The van der Waals surface area contributed by atoms with Crippen LogP contribution in [-0.2, 0) is 20.6 Å². The Morgan fingerprint density at radius 3 is 2.65 bits per heavy atom. The topological polar surface area (TPSA) is 70.8 Å². The van der Waals surface area contributed by atoms with Gasteiger partial charge in [-0.05, 0) is 18.1 Å². The number of methoxy groups -OCH3 is 1. The van der Waals surface area contributed by atoms with Crippen LogP contribution in [0.1, 0.15) is 54.9 Å². The average molecular weight is 321 g/mol. The molecule has 23 heavy (non-hydrogen) atoms. The smallest absolute Gasteiger partial charge is 0.339 e. The molecule has 5 heteroatoms. The van der Waals surface area contributed by atoms with Crippen molar-refractivity contribution in [1.82, 2.24) is 0 Å². The number of carbonyl (C=O) groups is 1. The van der Waals surface area contributed by atoms with Crippen molar-refractivity contribution in [2.24, 2.45) is 0 Å². The number of esters is 1. The third-order valence-electron chi connectivity index (χ3n) is 4.29. The Labute approximate surface area is 138 Å². The van der Waals surface area contributed by atoms with Crippen LogP contribution in [0.15, 0.2) is 18.2 Å². The molecule has 0 aromatic heterocycles. The van der Waals surface area contributed by atoms with Crippen molar-refractivity contribution in [3.05, 3.63) is 29.3 Å². The first-order valence-electron chi connectivity index (χ1n) is 8.35. The molecular formula is C18H27NO4. The van der Waals surface area contributed by atoms with Crippen LogP contribution in [0.2, 0.25) is 0 Å². The van der Waals surface area contributed by atoms with Crippen LogP contribution in [0.3, 0.4) is 0 Å². The van der Waals surface area contributed by atoms with E-state index in [1.54, 1.807) is 6.07 Å². The zero-order valence-corrected chi connectivity index (χ0v) is 14.1. The summed E-state index contributed by atoms with van der Waals surface area (Å²) in [5.74, 6) is -1.04. The summed E-state index contributed by atoms with van der Waals surface area (Å²) >= 11 is 0. The Kier molecular flexibility index (Phi) is 6.42. The van der Waals surface area contributed by atoms with Gasteiger partial charge in [0.1, 0.15) is 0 Å². The summed E-state index contributed by atoms with van der Waals surface area (Å²) in [6.07, 6.45) is 6.04. The molecule has 1 fully saturated rings. The highest BCUT2D eigenvalue weighted by Gasteiger charge is 2.36. The van der Waals surface area contributed by atoms with Crippen LogP contribution in [0.25, 0.3) is 0 Å². The number of hydrogen-bond donors (Lipinski definition) is 1. The normalized spacial score (nSPS) is 16.4. The van der Waals surface area contributed by atoms with Crippen molar-refractivity contribution in [2.75, 3.05) is 26.1 Å². The van der Waals surface area contributed by atoms with Gasteiger partial charge in [0, 0.05) is 18.5 Å². The molecular weight excluding hydrogens is 294 g/mol. The van der Waals surface area contributed by atoms with E-state index in [1.165, 1.54) is 26.4 Å². The van der Waals surface area contributed by atoms with E-state index in [0.717, 1.165) is 18.4 Å². The maximum absolute atomic E-state index is 11.8. The fraction of sp³-hybridized carbons (Fsp3) is 0.611. The molecule has 0 unspecified atom stereocenters. The highest BCUT2D eigenvalue weighted by molar-refractivity contribution is 5.95. The summed E-state index contributed by atoms with van der Waals surface area (Å²) in [5, 5.41) is 0. The van der Waals surface area contributed by atoms with Crippen LogP contribution in [0.5, 0.6) is 0 Å². The molecule has 0 bridgehead atoms. The van der Waals surface area contributed by atoms with Gasteiger partial charge in [-0.15, -0.1) is 0 Å². The number of nitrogens with two attached hydrogens (primary N) is 1. The molecule has 0 spiro atoms. The lowest BCUT2D eigenvalue weighted by atomic mass is 9.96. The standard InChI is InChI=1S/C18H27NO4/c1-3-4-5-6-10-18(22-11-12-23-18)13-14-8-7-9-15(16(14)19)17(20)21-2/h7-9H,3-6,10-13,19H2,1-2H3. The van der Waals surface area contributed by atoms with Crippen LogP contribution in [0, 0.1) is 0 Å². The molecule has 1 aliphatic heterocycles. The van der Waals surface area contributed by atoms with Gasteiger partial charge < -0.3 is 19.9 Å². The molecule has 0 amide bonds. The number of nitrogen functional groups attached to an aromatic ring is 1. The van der Waals surface area contributed by atoms with E-state index in [1.807, 2.05) is 12.1 Å². The van der Waals surface area contributed by atoms with Gasteiger partial charge in [-0.3, -0.25) is 0 Å². The highest BCUT2D eigenvalue weighted by Crippen LogP contribution is 2.32. The minimum atomic E-state index is -0.614. The number of rotatable bonds is 8. The molecule has 0 aliphatic carbocycles. The third kappa shape index (κ3) is 4.45. The fourth-order valence-electron chi connectivity index (χ4n) is 3.00. The molecule has 128 valence electrons. The number of carbonyl (C=O) groups excluding carboxylic acids is 1. The molecule has 0 saturated carbocycles. The van der Waals surface area contributed by atoms with Gasteiger partial charge in [-0.1, -0.05) is 38.3 Å². The molecule has 1 aromatic rings. The molecule has 2 rings (SSSR count). The van der Waals surface area contributed by atoms with Gasteiger partial charge in [0.15, 0.2) is 5.79 Å². The van der Waals surface area contributed by atoms with E-state index >= 15 is 0 Å². The van der Waals surface area contributed by atoms with Crippen molar-refractivity contribution in [3.8, 4) is 0 Å². The molecule has 0 atom stereocenters. The Bertz CT molecular complexity index is 524. The van der Waals surface area contributed by atoms with Crippen LogP contribution in [-0.4, -0.2) is 32.1 Å². The maximum atomic E-state index is 11.8. The van der Waals surface area contributed by atoms with Crippen molar-refractivity contribution in [3.63, 3.8) is 0 Å². The van der Waals surface area contributed by atoms with E-state index in [4.69, 9.17) is 19.9 Å². The lowest BCUT2D eigenvalue weighted by Crippen LogP contribution is -2.33. The zero-order valence-electron chi connectivity index (χ0n) is 14.1. The molecule has 5 nitrogen and oxygen atoms in total. The van der Waals surface area contributed by atoms with Crippen molar-refractivity contribution >= 4 is 11.7 Å². The predicted molar refractivity (Wildman–Crippen MR) is 89.3 cm³/mol. The summed E-state index contributed by atoms with van der Waals surface area (Å²) in [5.41, 5.74) is 7.87. The number of hydrogen-bond acceptors (Lipinski definition) is 5. The second kappa shape index (κ2) is 8.31. The minimum absolute atomic E-state index is 0.393. The first kappa shape index (κ1) is 17.8. The monoisotopic (exact) mass is 321 g/mol. The largest absolute Gasteiger partial charge is 0.465 e. The Hall–Kier alpha value is -1.59. The molecule has 0 radical (unpaired) electrons. The molecule has 2 N–H and O–H groups in total. The summed E-state index contributed by atoms with van der Waals surface area (Å²) in [7, 11) is 1.35. The summed E-state index contributed by atoms with van der Waals surface area (Å²) in [6.45, 7) is 3.39. The van der Waals surface area contributed by atoms with Gasteiger partial charge >= 0.3 is 5.97 Å². The van der Waals surface area contributed by atoms with Gasteiger partial charge in [0.25, 0.3) is 0 Å². The van der Waals surface area contributed by atoms with Crippen LogP contribution >= 0.6 is 0 Å². The number of unbranched alkanes of at least 4 members (excludes halogenated alkanes) is 3. The number of anilines is 1. The third-order valence-corrected chi connectivity index (χ3v) is 4.29. The predicted octanol–water partition coefficient (Wildman–Crippen LogP) is 3.31. The molecule has 1 heterocycles. The molecule has 1 saturated heterocycles. The van der Waals surface area contributed by atoms with Crippen molar-refractivity contribution in [1.29, 1.82) is 0 Å². The maximum Gasteiger partial charge on any atom is 0.339 e. The number of benzene rings is 1. The van der Waals surface area contributed by atoms with E-state index in [-0.39, 0.29) is 0 Å². The second-order valence-corrected chi connectivity index (χ2v) is 5.96.